The molecule has 0 radical (unpaired) electrons. The van der Waals surface area contributed by atoms with Crippen LogP contribution in [-0.4, -0.2) is 28.0 Å². The molecule has 0 saturated heterocycles. The second-order valence-corrected chi connectivity index (χ2v) is 7.43. The summed E-state index contributed by atoms with van der Waals surface area (Å²) in [5.74, 6) is -1.10. The molecule has 0 aliphatic rings. The second kappa shape index (κ2) is 10.2. The van der Waals surface area contributed by atoms with Crippen LogP contribution in [0.1, 0.15) is 30.8 Å². The summed E-state index contributed by atoms with van der Waals surface area (Å²) in [4.78, 5) is 34.3. The Kier molecular flexibility index (Phi) is 7.69. The van der Waals surface area contributed by atoms with E-state index in [4.69, 9.17) is 4.74 Å². The van der Waals surface area contributed by atoms with E-state index in [0.29, 0.717) is 11.6 Å². The molecule has 162 valence electrons. The molecule has 1 amide bonds. The number of nitriles is 1. The maximum Gasteiger partial charge on any atom is 0.349 e. The van der Waals surface area contributed by atoms with Crippen LogP contribution in [0.15, 0.2) is 35.9 Å². The Hall–Kier alpha value is -3.93. The van der Waals surface area contributed by atoms with Crippen molar-refractivity contribution in [3.63, 3.8) is 0 Å². The van der Waals surface area contributed by atoms with Gasteiger partial charge in [-0.25, -0.2) is 4.79 Å². The van der Waals surface area contributed by atoms with Crippen LogP contribution in [0.3, 0.4) is 0 Å². The van der Waals surface area contributed by atoms with E-state index in [9.17, 15) is 25.0 Å². The monoisotopic (exact) mass is 424 g/mol. The highest BCUT2D eigenvalue weighted by Gasteiger charge is 2.16. The van der Waals surface area contributed by atoms with Gasteiger partial charge in [-0.05, 0) is 49.6 Å². The van der Waals surface area contributed by atoms with Crippen molar-refractivity contribution >= 4 is 29.3 Å². The normalized spacial score (nSPS) is 11.2. The molecule has 0 aliphatic heterocycles. The molecule has 9 heteroatoms. The van der Waals surface area contributed by atoms with E-state index < -0.39 is 23.4 Å². The smallest absolute Gasteiger partial charge is 0.349 e. The third kappa shape index (κ3) is 6.27. The summed E-state index contributed by atoms with van der Waals surface area (Å²) in [6.45, 7) is 8.31. The van der Waals surface area contributed by atoms with Gasteiger partial charge in [-0.15, -0.1) is 0 Å². The molecule has 2 aromatic rings. The number of nitro benzene ring substituents is 1. The van der Waals surface area contributed by atoms with Crippen molar-refractivity contribution in [1.82, 2.24) is 4.57 Å². The number of nitrogens with one attached hydrogen (secondary N) is 1. The van der Waals surface area contributed by atoms with Crippen LogP contribution in [0.25, 0.3) is 6.08 Å². The zero-order chi connectivity index (χ0) is 23.1. The fraction of sp³-hybridized carbons (Fsp3) is 0.318. The fourth-order valence-electron chi connectivity index (χ4n) is 2.98. The Morgan fingerprint density at radius 3 is 2.48 bits per heavy atom. The predicted molar refractivity (Wildman–Crippen MR) is 115 cm³/mol. The highest BCUT2D eigenvalue weighted by Crippen LogP contribution is 2.20. The molecule has 0 atom stereocenters. The van der Waals surface area contributed by atoms with Crippen LogP contribution in [0.4, 0.5) is 11.4 Å². The largest absolute Gasteiger partial charge is 0.451 e. The number of aryl methyl sites for hydroxylation is 1. The van der Waals surface area contributed by atoms with Crippen LogP contribution in [-0.2, 0) is 20.9 Å². The van der Waals surface area contributed by atoms with Crippen molar-refractivity contribution in [2.45, 2.75) is 34.2 Å². The maximum atomic E-state index is 12.3. The van der Waals surface area contributed by atoms with Gasteiger partial charge in [0.15, 0.2) is 6.61 Å². The second-order valence-electron chi connectivity index (χ2n) is 7.43. The van der Waals surface area contributed by atoms with Gasteiger partial charge in [-0.1, -0.05) is 13.8 Å². The third-order valence-electron chi connectivity index (χ3n) is 4.50. The summed E-state index contributed by atoms with van der Waals surface area (Å²) in [6, 6.07) is 8.93. The molecule has 9 nitrogen and oxygen atoms in total. The first-order chi connectivity index (χ1) is 14.6. The zero-order valence-electron chi connectivity index (χ0n) is 17.8. The first-order valence-corrected chi connectivity index (χ1v) is 9.62. The summed E-state index contributed by atoms with van der Waals surface area (Å²) < 4.78 is 7.07. The lowest BCUT2D eigenvalue weighted by molar-refractivity contribution is -0.384. The number of ether oxygens (including phenoxy) is 1. The van der Waals surface area contributed by atoms with Gasteiger partial charge in [0.05, 0.1) is 4.92 Å². The van der Waals surface area contributed by atoms with Gasteiger partial charge in [-0.2, -0.15) is 5.26 Å². The third-order valence-corrected chi connectivity index (χ3v) is 4.50. The zero-order valence-corrected chi connectivity index (χ0v) is 17.8. The molecule has 0 bridgehead atoms. The highest BCUT2D eigenvalue weighted by atomic mass is 16.6. The van der Waals surface area contributed by atoms with Crippen molar-refractivity contribution in [2.24, 2.45) is 5.92 Å². The van der Waals surface area contributed by atoms with E-state index in [0.717, 1.165) is 23.5 Å². The van der Waals surface area contributed by atoms with Gasteiger partial charge in [0.2, 0.25) is 0 Å². The minimum absolute atomic E-state index is 0.110. The van der Waals surface area contributed by atoms with E-state index in [1.165, 1.54) is 30.3 Å². The minimum atomic E-state index is -0.907. The lowest BCUT2D eigenvalue weighted by Crippen LogP contribution is -2.21. The first-order valence-electron chi connectivity index (χ1n) is 9.62. The van der Waals surface area contributed by atoms with Crippen molar-refractivity contribution < 1.29 is 19.2 Å². The van der Waals surface area contributed by atoms with Gasteiger partial charge in [0.25, 0.3) is 11.6 Å². The summed E-state index contributed by atoms with van der Waals surface area (Å²) in [5, 5.41) is 22.5. The van der Waals surface area contributed by atoms with Gasteiger partial charge >= 0.3 is 5.97 Å². The maximum absolute atomic E-state index is 12.3. The summed E-state index contributed by atoms with van der Waals surface area (Å²) in [6.07, 6.45) is 1.45. The van der Waals surface area contributed by atoms with Crippen molar-refractivity contribution in [3.8, 4) is 6.07 Å². The van der Waals surface area contributed by atoms with Crippen LogP contribution in [0.5, 0.6) is 0 Å². The van der Waals surface area contributed by atoms with E-state index in [-0.39, 0.29) is 11.3 Å². The number of carbonyl (C=O) groups is 2. The van der Waals surface area contributed by atoms with E-state index in [2.05, 4.69) is 23.7 Å². The Bertz CT molecular complexity index is 1060. The highest BCUT2D eigenvalue weighted by molar-refractivity contribution is 6.00. The molecular formula is C22H24N4O5. The number of nitro groups is 1. The van der Waals surface area contributed by atoms with E-state index in [1.54, 1.807) is 0 Å². The molecule has 1 N–H and O–H groups in total. The number of anilines is 1. The molecule has 2 rings (SSSR count). The number of hydrogen-bond acceptors (Lipinski definition) is 6. The van der Waals surface area contributed by atoms with Gasteiger partial charge in [-0.3, -0.25) is 14.9 Å². The van der Waals surface area contributed by atoms with Crippen LogP contribution in [0, 0.1) is 41.2 Å². The molecule has 0 unspecified atom stereocenters. The summed E-state index contributed by atoms with van der Waals surface area (Å²) >= 11 is 0. The topological polar surface area (TPSA) is 127 Å². The minimum Gasteiger partial charge on any atom is -0.451 e. The Labute approximate surface area is 180 Å². The number of hydrogen-bond donors (Lipinski definition) is 1. The lowest BCUT2D eigenvalue weighted by Gasteiger charge is -2.12. The van der Waals surface area contributed by atoms with Crippen molar-refractivity contribution in [1.29, 1.82) is 5.26 Å². The fourth-order valence-corrected chi connectivity index (χ4v) is 2.98. The van der Waals surface area contributed by atoms with E-state index in [1.807, 2.05) is 26.0 Å². The lowest BCUT2D eigenvalue weighted by atomic mass is 10.1. The molecule has 0 aliphatic carbocycles. The molecule has 1 aromatic heterocycles. The molecular weight excluding hydrogens is 400 g/mol. The molecule has 31 heavy (non-hydrogen) atoms. The van der Waals surface area contributed by atoms with Crippen molar-refractivity contribution in [2.75, 3.05) is 11.9 Å². The predicted octanol–water partition coefficient (Wildman–Crippen LogP) is 3.76. The molecule has 0 spiro atoms. The van der Waals surface area contributed by atoms with Crippen LogP contribution >= 0.6 is 0 Å². The van der Waals surface area contributed by atoms with E-state index >= 15 is 0 Å². The SMILES string of the molecule is Cc1cc(C=C(C#N)C(=O)OCC(=O)Nc2ccc([N+](=O)[O-])cc2)c(C)n1CC(C)C. The standard InChI is InChI=1S/C22H24N4O5/c1-14(2)12-25-15(3)9-17(16(25)4)10-18(11-23)22(28)31-13-21(27)24-19-5-7-20(8-6-19)26(29)30/h5-10,14H,12-13H2,1-4H3,(H,24,27). The van der Waals surface area contributed by atoms with Crippen LogP contribution in [0.2, 0.25) is 0 Å². The molecule has 1 heterocycles. The van der Waals surface area contributed by atoms with Crippen LogP contribution < -0.4 is 5.32 Å². The first kappa shape index (κ1) is 23.3. The number of amides is 1. The number of carbonyl (C=O) groups excluding carboxylic acids is 2. The summed E-state index contributed by atoms with van der Waals surface area (Å²) in [5.41, 5.74) is 2.68. The molecule has 1 aromatic carbocycles. The van der Waals surface area contributed by atoms with Gasteiger partial charge in [0.1, 0.15) is 11.6 Å². The Morgan fingerprint density at radius 2 is 1.94 bits per heavy atom. The Balaban J connectivity index is 2.02. The number of aromatic nitrogens is 1. The number of esters is 1. The number of benzene rings is 1. The average molecular weight is 424 g/mol. The number of nitrogens with zero attached hydrogens (tertiary/aromatic N) is 3. The summed E-state index contributed by atoms with van der Waals surface area (Å²) in [7, 11) is 0. The molecule has 0 saturated carbocycles. The van der Waals surface area contributed by atoms with Gasteiger partial charge in [0, 0.05) is 35.8 Å². The number of non-ortho nitro benzene ring substituents is 1. The number of rotatable bonds is 8. The van der Waals surface area contributed by atoms with Gasteiger partial charge < -0.3 is 14.6 Å². The van der Waals surface area contributed by atoms with Crippen molar-refractivity contribution in [3.05, 3.63) is 63.0 Å². The average Bonchev–Trinajstić information content (AvgIpc) is 2.97. The molecule has 0 fully saturated rings. The Morgan fingerprint density at radius 1 is 1.29 bits per heavy atom. The quantitative estimate of drug-likeness (QED) is 0.226.